The summed E-state index contributed by atoms with van der Waals surface area (Å²) in [5.41, 5.74) is 0.753. The van der Waals surface area contributed by atoms with Crippen molar-refractivity contribution >= 4 is 29.4 Å². The van der Waals surface area contributed by atoms with E-state index in [2.05, 4.69) is 0 Å². The van der Waals surface area contributed by atoms with E-state index in [1.807, 2.05) is 30.3 Å². The smallest absolute Gasteiger partial charge is 0.327 e. The zero-order chi connectivity index (χ0) is 13.1. The van der Waals surface area contributed by atoms with Gasteiger partial charge in [0, 0.05) is 18.5 Å². The number of urea groups is 1. The Balaban J connectivity index is 2.14. The number of anilines is 1. The summed E-state index contributed by atoms with van der Waals surface area (Å²) in [4.78, 5) is 26.1. The lowest BCUT2D eigenvalue weighted by molar-refractivity contribution is -0.140. The second-order valence-electron chi connectivity index (χ2n) is 4.00. The maximum absolute atomic E-state index is 12.2. The van der Waals surface area contributed by atoms with Gasteiger partial charge in [0.05, 0.1) is 5.88 Å². The fraction of sp³-hybridized carbons (Fsp3) is 0.333. The Morgan fingerprint density at radius 1 is 1.39 bits per heavy atom. The van der Waals surface area contributed by atoms with Gasteiger partial charge in [0.2, 0.25) is 0 Å². The number of para-hydroxylation sites is 1. The van der Waals surface area contributed by atoms with Gasteiger partial charge in [-0.2, -0.15) is 0 Å². The Bertz CT molecular complexity index is 452. The number of carboxylic acid groups (broad SMARTS) is 1. The van der Waals surface area contributed by atoms with Gasteiger partial charge >= 0.3 is 12.0 Å². The van der Waals surface area contributed by atoms with Crippen LogP contribution in [0.15, 0.2) is 30.3 Å². The normalized spacial score (nSPS) is 18.7. The molecule has 6 heteroatoms. The number of thioether (sulfide) groups is 1. The van der Waals surface area contributed by atoms with E-state index in [0.29, 0.717) is 11.6 Å². The highest BCUT2D eigenvalue weighted by Gasteiger charge is 2.36. The van der Waals surface area contributed by atoms with Crippen molar-refractivity contribution in [3.05, 3.63) is 30.3 Å². The molecule has 1 atom stereocenters. The molecule has 1 saturated heterocycles. The lowest BCUT2D eigenvalue weighted by Gasteiger charge is -2.26. The molecule has 1 aliphatic heterocycles. The summed E-state index contributed by atoms with van der Waals surface area (Å²) < 4.78 is 0. The van der Waals surface area contributed by atoms with E-state index in [4.69, 9.17) is 5.11 Å². The largest absolute Gasteiger partial charge is 0.480 e. The van der Waals surface area contributed by atoms with Crippen molar-refractivity contribution in [2.45, 2.75) is 6.04 Å². The highest BCUT2D eigenvalue weighted by Crippen LogP contribution is 2.24. The lowest BCUT2D eigenvalue weighted by Crippen LogP contribution is -2.47. The van der Waals surface area contributed by atoms with E-state index in [-0.39, 0.29) is 6.03 Å². The Morgan fingerprint density at radius 3 is 2.67 bits per heavy atom. The van der Waals surface area contributed by atoms with Gasteiger partial charge in [-0.15, -0.1) is 11.8 Å². The number of rotatable bonds is 2. The number of aliphatic carboxylic acids is 1. The zero-order valence-electron chi connectivity index (χ0n) is 9.94. The topological polar surface area (TPSA) is 60.9 Å². The van der Waals surface area contributed by atoms with Gasteiger partial charge in [-0.25, -0.2) is 9.59 Å². The number of carboxylic acids is 1. The first-order valence-corrected chi connectivity index (χ1v) is 6.66. The minimum absolute atomic E-state index is 0.279. The molecule has 1 aromatic carbocycles. The number of carbonyl (C=O) groups excluding carboxylic acids is 1. The molecule has 1 N–H and O–H groups in total. The monoisotopic (exact) mass is 266 g/mol. The molecule has 2 amide bonds. The fourth-order valence-corrected chi connectivity index (χ4v) is 2.93. The Hall–Kier alpha value is -1.69. The second-order valence-corrected chi connectivity index (χ2v) is 5.00. The number of hydrogen-bond donors (Lipinski definition) is 1. The quantitative estimate of drug-likeness (QED) is 0.885. The van der Waals surface area contributed by atoms with Crippen molar-refractivity contribution in [3.8, 4) is 0 Å². The summed E-state index contributed by atoms with van der Waals surface area (Å²) in [6.45, 7) is 0. The first kappa shape index (κ1) is 12.8. The maximum atomic E-state index is 12.2. The van der Waals surface area contributed by atoms with Crippen LogP contribution in [0.2, 0.25) is 0 Å². The molecule has 1 unspecified atom stereocenters. The van der Waals surface area contributed by atoms with Crippen LogP contribution < -0.4 is 4.90 Å². The van der Waals surface area contributed by atoms with Gasteiger partial charge in [-0.05, 0) is 12.1 Å². The van der Waals surface area contributed by atoms with Crippen molar-refractivity contribution in [3.63, 3.8) is 0 Å². The third-order valence-corrected chi connectivity index (χ3v) is 3.86. The molecule has 0 aliphatic carbocycles. The fourth-order valence-electron chi connectivity index (χ4n) is 1.79. The van der Waals surface area contributed by atoms with Crippen LogP contribution in [0.3, 0.4) is 0 Å². The van der Waals surface area contributed by atoms with Crippen LogP contribution in [0.1, 0.15) is 0 Å². The van der Waals surface area contributed by atoms with Crippen molar-refractivity contribution in [1.29, 1.82) is 0 Å². The van der Waals surface area contributed by atoms with Crippen LogP contribution in [0.4, 0.5) is 10.5 Å². The lowest BCUT2D eigenvalue weighted by atomic mass is 10.3. The molecule has 0 spiro atoms. The predicted octanol–water partition coefficient (Wildman–Crippen LogP) is 1.70. The summed E-state index contributed by atoms with van der Waals surface area (Å²) in [7, 11) is 1.65. The maximum Gasteiger partial charge on any atom is 0.327 e. The molecule has 5 nitrogen and oxygen atoms in total. The first-order chi connectivity index (χ1) is 8.61. The predicted molar refractivity (Wildman–Crippen MR) is 70.8 cm³/mol. The van der Waals surface area contributed by atoms with Crippen LogP contribution in [0.5, 0.6) is 0 Å². The first-order valence-electron chi connectivity index (χ1n) is 5.51. The van der Waals surface area contributed by atoms with Crippen molar-refractivity contribution in [1.82, 2.24) is 4.90 Å². The van der Waals surface area contributed by atoms with Crippen molar-refractivity contribution in [2.24, 2.45) is 0 Å². The molecule has 0 aromatic heterocycles. The van der Waals surface area contributed by atoms with Crippen LogP contribution in [0.25, 0.3) is 0 Å². The minimum Gasteiger partial charge on any atom is -0.480 e. The molecule has 1 aliphatic rings. The van der Waals surface area contributed by atoms with Crippen LogP contribution in [0, 0.1) is 0 Å². The van der Waals surface area contributed by atoms with E-state index in [0.717, 1.165) is 5.69 Å². The number of benzene rings is 1. The molecule has 1 fully saturated rings. The number of amides is 2. The number of nitrogens with zero attached hydrogens (tertiary/aromatic N) is 2. The molecule has 1 aromatic rings. The van der Waals surface area contributed by atoms with Gasteiger partial charge in [0.1, 0.15) is 6.04 Å². The van der Waals surface area contributed by atoms with Gasteiger partial charge in [0.15, 0.2) is 0 Å². The number of hydrogen-bond acceptors (Lipinski definition) is 3. The molecule has 0 bridgehead atoms. The molecule has 96 valence electrons. The minimum atomic E-state index is -0.949. The van der Waals surface area contributed by atoms with Crippen molar-refractivity contribution < 1.29 is 14.7 Å². The summed E-state index contributed by atoms with van der Waals surface area (Å²) in [6.07, 6.45) is 0. The van der Waals surface area contributed by atoms with Crippen LogP contribution in [-0.4, -0.2) is 46.7 Å². The second kappa shape index (κ2) is 5.30. The van der Waals surface area contributed by atoms with Gasteiger partial charge in [-0.3, -0.25) is 4.90 Å². The summed E-state index contributed by atoms with van der Waals surface area (Å²) in [6, 6.07) is 8.17. The van der Waals surface area contributed by atoms with E-state index in [9.17, 15) is 9.59 Å². The van der Waals surface area contributed by atoms with Crippen molar-refractivity contribution in [2.75, 3.05) is 23.6 Å². The standard InChI is InChI=1S/C12H14N2O3S/c1-13(9-5-3-2-4-6-9)12(17)14-8-18-7-10(14)11(15)16/h2-6,10H,7-8H2,1H3,(H,15,16). The highest BCUT2D eigenvalue weighted by molar-refractivity contribution is 7.99. The SMILES string of the molecule is CN(C(=O)N1CSCC1C(=O)O)c1ccccc1. The Kier molecular flexibility index (Phi) is 3.76. The summed E-state index contributed by atoms with van der Waals surface area (Å²) >= 11 is 1.46. The molecule has 0 radical (unpaired) electrons. The van der Waals surface area contributed by atoms with Crippen LogP contribution >= 0.6 is 11.8 Å². The van der Waals surface area contributed by atoms with E-state index < -0.39 is 12.0 Å². The van der Waals surface area contributed by atoms with Gasteiger partial charge in [-0.1, -0.05) is 18.2 Å². The van der Waals surface area contributed by atoms with E-state index >= 15 is 0 Å². The van der Waals surface area contributed by atoms with E-state index in [1.54, 1.807) is 7.05 Å². The van der Waals surface area contributed by atoms with Gasteiger partial charge < -0.3 is 10.0 Å². The number of carbonyl (C=O) groups is 2. The Labute approximate surface area is 109 Å². The summed E-state index contributed by atoms with van der Waals surface area (Å²) in [5, 5.41) is 9.06. The average Bonchev–Trinajstić information content (AvgIpc) is 2.87. The Morgan fingerprint density at radius 2 is 2.06 bits per heavy atom. The molecule has 1 heterocycles. The molecule has 0 saturated carbocycles. The zero-order valence-corrected chi connectivity index (χ0v) is 10.8. The molecule has 18 heavy (non-hydrogen) atoms. The van der Waals surface area contributed by atoms with Crippen LogP contribution in [-0.2, 0) is 4.79 Å². The highest BCUT2D eigenvalue weighted by atomic mass is 32.2. The average molecular weight is 266 g/mol. The third-order valence-electron chi connectivity index (χ3n) is 2.84. The molecule has 2 rings (SSSR count). The molecular weight excluding hydrogens is 252 g/mol. The van der Waals surface area contributed by atoms with E-state index in [1.165, 1.54) is 21.6 Å². The molecular formula is C12H14N2O3S. The third kappa shape index (κ3) is 2.43. The summed E-state index contributed by atoms with van der Waals surface area (Å²) in [5.74, 6) is -0.0775. The van der Waals surface area contributed by atoms with Gasteiger partial charge in [0.25, 0.3) is 0 Å².